The molecule has 0 spiro atoms. The lowest BCUT2D eigenvalue weighted by atomic mass is 9.90. The summed E-state index contributed by atoms with van der Waals surface area (Å²) >= 11 is 12.1. The predicted molar refractivity (Wildman–Crippen MR) is 122 cm³/mol. The van der Waals surface area contributed by atoms with Crippen LogP contribution in [0.4, 0.5) is 18.9 Å². The van der Waals surface area contributed by atoms with Crippen LogP contribution in [-0.4, -0.2) is 32.8 Å². The van der Waals surface area contributed by atoms with Crippen molar-refractivity contribution in [2.45, 2.75) is 50.5 Å². The van der Waals surface area contributed by atoms with E-state index in [0.29, 0.717) is 23.3 Å². The molecule has 12 heteroatoms. The first-order valence-corrected chi connectivity index (χ1v) is 11.2. The third-order valence-electron chi connectivity index (χ3n) is 5.62. The van der Waals surface area contributed by atoms with Crippen molar-refractivity contribution in [1.29, 1.82) is 5.26 Å². The molecule has 3 aromatic rings. The smallest absolute Gasteiger partial charge is 0.382 e. The fourth-order valence-electron chi connectivity index (χ4n) is 4.10. The van der Waals surface area contributed by atoms with Crippen LogP contribution < -0.4 is 10.6 Å². The summed E-state index contributed by atoms with van der Waals surface area (Å²) in [5, 5.41) is 19.7. The van der Waals surface area contributed by atoms with Gasteiger partial charge in [-0.1, -0.05) is 23.2 Å². The monoisotopic (exact) mass is 510 g/mol. The van der Waals surface area contributed by atoms with Gasteiger partial charge < -0.3 is 10.6 Å². The van der Waals surface area contributed by atoms with Gasteiger partial charge in [-0.2, -0.15) is 23.5 Å². The topological polar surface area (TPSA) is 95.6 Å². The molecule has 2 atom stereocenters. The second-order valence-electron chi connectivity index (χ2n) is 8.08. The number of anilines is 1. The van der Waals surface area contributed by atoms with Crippen molar-refractivity contribution in [2.24, 2.45) is 0 Å². The number of aromatic nitrogens is 3. The van der Waals surface area contributed by atoms with E-state index in [4.69, 9.17) is 28.5 Å². The van der Waals surface area contributed by atoms with E-state index in [1.165, 1.54) is 23.0 Å². The van der Waals surface area contributed by atoms with E-state index in [1.54, 1.807) is 6.07 Å². The highest BCUT2D eigenvalue weighted by Crippen LogP contribution is 2.35. The van der Waals surface area contributed by atoms with Crippen LogP contribution in [0.25, 0.3) is 10.9 Å². The van der Waals surface area contributed by atoms with E-state index in [2.05, 4.69) is 20.7 Å². The fraction of sp³-hybridized carbons (Fsp3) is 0.364. The van der Waals surface area contributed by atoms with Gasteiger partial charge in [-0.3, -0.25) is 9.48 Å². The number of fused-ring (bicyclic) bond motifs is 1. The average molecular weight is 511 g/mol. The Morgan fingerprint density at radius 1 is 1.24 bits per heavy atom. The number of carbonyl (C=O) groups excluding carboxylic acids is 1. The number of halogens is 5. The molecular weight excluding hydrogens is 492 g/mol. The van der Waals surface area contributed by atoms with Crippen molar-refractivity contribution in [3.05, 3.63) is 51.9 Å². The lowest BCUT2D eigenvalue weighted by Gasteiger charge is -2.31. The van der Waals surface area contributed by atoms with Crippen LogP contribution in [-0.2, 0) is 12.7 Å². The molecule has 1 aromatic carbocycles. The van der Waals surface area contributed by atoms with Crippen LogP contribution in [0.3, 0.4) is 0 Å². The van der Waals surface area contributed by atoms with Gasteiger partial charge in [0.25, 0.3) is 5.91 Å². The van der Waals surface area contributed by atoms with E-state index in [0.717, 1.165) is 18.9 Å². The largest absolute Gasteiger partial charge is 0.433 e. The molecule has 4 rings (SSSR count). The van der Waals surface area contributed by atoms with Crippen LogP contribution in [0.15, 0.2) is 30.5 Å². The normalized spacial score (nSPS) is 18.5. The molecule has 7 nitrogen and oxygen atoms in total. The maximum absolute atomic E-state index is 13.4. The van der Waals surface area contributed by atoms with Crippen molar-refractivity contribution in [1.82, 2.24) is 20.1 Å². The first-order valence-electron chi connectivity index (χ1n) is 10.5. The van der Waals surface area contributed by atoms with Gasteiger partial charge >= 0.3 is 6.18 Å². The Kier molecular flexibility index (Phi) is 6.86. The van der Waals surface area contributed by atoms with Gasteiger partial charge in [0.15, 0.2) is 5.15 Å². The minimum Gasteiger partial charge on any atom is -0.382 e. The molecule has 178 valence electrons. The van der Waals surface area contributed by atoms with Crippen molar-refractivity contribution < 1.29 is 18.0 Å². The molecule has 1 saturated carbocycles. The summed E-state index contributed by atoms with van der Waals surface area (Å²) in [6.07, 6.45) is -0.488. The molecule has 0 unspecified atom stereocenters. The Morgan fingerprint density at radius 2 is 2.00 bits per heavy atom. The van der Waals surface area contributed by atoms with Crippen LogP contribution in [0.1, 0.15) is 41.7 Å². The number of amides is 1. The summed E-state index contributed by atoms with van der Waals surface area (Å²) < 4.78 is 41.5. The Bertz CT molecular complexity index is 1270. The van der Waals surface area contributed by atoms with Crippen LogP contribution in [0, 0.1) is 11.3 Å². The van der Waals surface area contributed by atoms with E-state index < -0.39 is 17.8 Å². The zero-order valence-corrected chi connectivity index (χ0v) is 19.2. The van der Waals surface area contributed by atoms with Crippen LogP contribution in [0.5, 0.6) is 0 Å². The molecule has 2 N–H and O–H groups in total. The number of hydrogen-bond acceptors (Lipinski definition) is 5. The van der Waals surface area contributed by atoms with E-state index in [1.807, 2.05) is 6.07 Å². The van der Waals surface area contributed by atoms with Gasteiger partial charge in [0.2, 0.25) is 0 Å². The molecule has 1 aliphatic rings. The number of carbonyl (C=O) groups is 1. The Balaban J connectivity index is 1.51. The molecule has 1 fully saturated rings. The number of nitrogens with zero attached hydrogens (tertiary/aromatic N) is 4. The number of rotatable bonds is 5. The Hall–Kier alpha value is -3.03. The predicted octanol–water partition coefficient (Wildman–Crippen LogP) is 5.43. The number of alkyl halides is 3. The summed E-state index contributed by atoms with van der Waals surface area (Å²) in [4.78, 5) is 16.4. The van der Waals surface area contributed by atoms with Crippen LogP contribution >= 0.6 is 23.2 Å². The minimum atomic E-state index is -4.59. The molecule has 1 amide bonds. The average Bonchev–Trinajstić information content (AvgIpc) is 3.14. The highest BCUT2D eigenvalue weighted by Gasteiger charge is 2.34. The van der Waals surface area contributed by atoms with Gasteiger partial charge in [-0.25, -0.2) is 4.98 Å². The van der Waals surface area contributed by atoms with E-state index >= 15 is 0 Å². The zero-order valence-electron chi connectivity index (χ0n) is 17.7. The fourth-order valence-corrected chi connectivity index (χ4v) is 4.51. The number of benzene rings is 1. The number of pyridine rings is 1. The lowest BCUT2D eigenvalue weighted by molar-refractivity contribution is -0.140. The molecule has 0 saturated heterocycles. The first kappa shape index (κ1) is 24.1. The second-order valence-corrected chi connectivity index (χ2v) is 8.88. The molecular formula is C22H19Cl2F3N6O. The second kappa shape index (κ2) is 9.68. The third-order valence-corrected chi connectivity index (χ3v) is 6.14. The number of nitriles is 1. The van der Waals surface area contributed by atoms with Crippen molar-refractivity contribution in [3.8, 4) is 6.07 Å². The Morgan fingerprint density at radius 3 is 2.74 bits per heavy atom. The SMILES string of the molecule is N#CCn1cc(C(=O)N[C@@H]2CCC[C@H](Nc3cc(C(F)(F)F)nc4ccc(Cl)cc34)C2)c(Cl)n1. The first-order chi connectivity index (χ1) is 16.1. The van der Waals surface area contributed by atoms with Gasteiger partial charge in [0.1, 0.15) is 12.2 Å². The van der Waals surface area contributed by atoms with Crippen molar-refractivity contribution in [2.75, 3.05) is 5.32 Å². The summed E-state index contributed by atoms with van der Waals surface area (Å²) in [5.41, 5.74) is -0.352. The molecule has 34 heavy (non-hydrogen) atoms. The molecule has 0 bridgehead atoms. The summed E-state index contributed by atoms with van der Waals surface area (Å²) in [5.74, 6) is -0.416. The van der Waals surface area contributed by atoms with Gasteiger partial charge in [0.05, 0.1) is 17.1 Å². The Labute approximate surface area is 202 Å². The maximum Gasteiger partial charge on any atom is 0.433 e. The van der Waals surface area contributed by atoms with Crippen molar-refractivity contribution >= 4 is 45.7 Å². The van der Waals surface area contributed by atoms with Crippen LogP contribution in [0.2, 0.25) is 10.2 Å². The summed E-state index contributed by atoms with van der Waals surface area (Å²) in [6, 6.07) is 7.05. The number of hydrogen-bond donors (Lipinski definition) is 2. The molecule has 0 aliphatic heterocycles. The molecule has 0 radical (unpaired) electrons. The molecule has 2 aromatic heterocycles. The third kappa shape index (κ3) is 5.37. The molecule has 2 heterocycles. The summed E-state index contributed by atoms with van der Waals surface area (Å²) in [6.45, 7) is -0.0355. The lowest BCUT2D eigenvalue weighted by Crippen LogP contribution is -2.41. The highest BCUT2D eigenvalue weighted by molar-refractivity contribution is 6.32. The van der Waals surface area contributed by atoms with Crippen molar-refractivity contribution in [3.63, 3.8) is 0 Å². The number of nitrogens with one attached hydrogen (secondary N) is 2. The maximum atomic E-state index is 13.4. The van der Waals surface area contributed by atoms with Gasteiger partial charge in [-0.05, 0) is 49.9 Å². The highest BCUT2D eigenvalue weighted by atomic mass is 35.5. The van der Waals surface area contributed by atoms with E-state index in [-0.39, 0.29) is 40.5 Å². The van der Waals surface area contributed by atoms with Gasteiger partial charge in [0, 0.05) is 34.4 Å². The van der Waals surface area contributed by atoms with E-state index in [9.17, 15) is 18.0 Å². The van der Waals surface area contributed by atoms with Gasteiger partial charge in [-0.15, -0.1) is 0 Å². The molecule has 1 aliphatic carbocycles. The minimum absolute atomic E-state index is 0.00181. The quantitative estimate of drug-likeness (QED) is 0.476. The standard InChI is InChI=1S/C22H19Cl2F3N6O/c23-12-4-5-17-15(8-12)18(10-19(31-17)22(25,26)27)29-13-2-1-3-14(9-13)30-21(34)16-11-33(7-6-28)32-20(16)24/h4-5,8,10-11,13-14H,1-3,7,9H2,(H,29,31)(H,30,34)/t13-,14+/m0/s1. The zero-order chi connectivity index (χ0) is 24.5. The summed E-state index contributed by atoms with van der Waals surface area (Å²) in [7, 11) is 0.